The highest BCUT2D eigenvalue weighted by molar-refractivity contribution is 6.32. The van der Waals surface area contributed by atoms with Crippen molar-refractivity contribution >= 4 is 17.3 Å². The van der Waals surface area contributed by atoms with Crippen LogP contribution in [0.25, 0.3) is 0 Å². The van der Waals surface area contributed by atoms with Gasteiger partial charge in [-0.2, -0.15) is 5.10 Å². The fourth-order valence-corrected chi connectivity index (χ4v) is 2.37. The predicted octanol–water partition coefficient (Wildman–Crippen LogP) is 2.96. The molecule has 1 aromatic rings. The Balaban J connectivity index is 2.26. The number of ether oxygens (including phenoxy) is 1. The second-order valence-electron chi connectivity index (χ2n) is 5.97. The summed E-state index contributed by atoms with van der Waals surface area (Å²) in [6, 6.07) is 3.01. The fraction of sp³-hybridized carbons (Fsp3) is 0.533. The summed E-state index contributed by atoms with van der Waals surface area (Å²) in [6.45, 7) is 5.98. The summed E-state index contributed by atoms with van der Waals surface area (Å²) in [6.07, 6.45) is 0.940. The van der Waals surface area contributed by atoms with Crippen LogP contribution >= 0.6 is 11.6 Å². The van der Waals surface area contributed by atoms with Gasteiger partial charge in [-0.1, -0.05) is 18.5 Å². The summed E-state index contributed by atoms with van der Waals surface area (Å²) in [5.41, 5.74) is 3.30. The normalized spacial score (nSPS) is 19.0. The van der Waals surface area contributed by atoms with Crippen LogP contribution in [0.4, 0.5) is 4.39 Å². The van der Waals surface area contributed by atoms with Crippen LogP contribution in [0.5, 0.6) is 5.75 Å². The van der Waals surface area contributed by atoms with Crippen molar-refractivity contribution in [1.29, 1.82) is 0 Å². The first-order chi connectivity index (χ1) is 9.78. The Morgan fingerprint density at radius 2 is 2.24 bits per heavy atom. The van der Waals surface area contributed by atoms with Gasteiger partial charge in [0.25, 0.3) is 0 Å². The Kier molecular flexibility index (Phi) is 4.74. The molecule has 1 atom stereocenters. The molecule has 1 aliphatic heterocycles. The lowest BCUT2D eigenvalue weighted by molar-refractivity contribution is 0.0272. The Hall–Kier alpha value is -1.33. The van der Waals surface area contributed by atoms with Crippen molar-refractivity contribution in [3.63, 3.8) is 0 Å². The van der Waals surface area contributed by atoms with Gasteiger partial charge in [-0.05, 0) is 32.4 Å². The van der Waals surface area contributed by atoms with Gasteiger partial charge in [-0.3, -0.25) is 0 Å². The molecule has 0 fully saturated rings. The first-order valence-corrected chi connectivity index (χ1v) is 7.31. The lowest BCUT2D eigenvalue weighted by Crippen LogP contribution is -2.28. The largest absolute Gasteiger partial charge is 0.486 e. The maximum absolute atomic E-state index is 14.2. The quantitative estimate of drug-likeness (QED) is 0.898. The molecule has 0 radical (unpaired) electrons. The molecular weight excluding hydrogens is 295 g/mol. The highest BCUT2D eigenvalue weighted by Gasteiger charge is 2.22. The highest BCUT2D eigenvalue weighted by Crippen LogP contribution is 2.31. The molecule has 0 aliphatic carbocycles. The third kappa shape index (κ3) is 4.08. The van der Waals surface area contributed by atoms with Crippen LogP contribution in [0.1, 0.15) is 32.8 Å². The number of aliphatic hydroxyl groups is 1. The van der Waals surface area contributed by atoms with E-state index in [1.54, 1.807) is 19.9 Å². The number of hydrogen-bond acceptors (Lipinski definition) is 4. The minimum atomic E-state index is -1.06. The van der Waals surface area contributed by atoms with Crippen LogP contribution in [0, 0.1) is 11.7 Å². The monoisotopic (exact) mass is 314 g/mol. The van der Waals surface area contributed by atoms with Crippen LogP contribution in [0.3, 0.4) is 0 Å². The first-order valence-electron chi connectivity index (χ1n) is 6.93. The summed E-state index contributed by atoms with van der Waals surface area (Å²) < 4.78 is 19.5. The van der Waals surface area contributed by atoms with E-state index >= 15 is 0 Å². The van der Waals surface area contributed by atoms with Gasteiger partial charge in [0.1, 0.15) is 6.61 Å². The van der Waals surface area contributed by atoms with Gasteiger partial charge in [-0.15, -0.1) is 0 Å². The van der Waals surface area contributed by atoms with Crippen LogP contribution in [0.2, 0.25) is 5.02 Å². The molecule has 4 nitrogen and oxygen atoms in total. The zero-order valence-electron chi connectivity index (χ0n) is 12.4. The van der Waals surface area contributed by atoms with Crippen LogP contribution in [0.15, 0.2) is 17.2 Å². The number of hydrazone groups is 1. The SMILES string of the molecule is CC1CCNN=C1c1cc(F)c(OCC(C)(C)O)c(Cl)c1. The van der Waals surface area contributed by atoms with Crippen LogP contribution in [-0.4, -0.2) is 29.6 Å². The molecule has 6 heteroatoms. The highest BCUT2D eigenvalue weighted by atomic mass is 35.5. The maximum Gasteiger partial charge on any atom is 0.173 e. The summed E-state index contributed by atoms with van der Waals surface area (Å²) in [7, 11) is 0. The van der Waals surface area contributed by atoms with E-state index in [9.17, 15) is 9.50 Å². The van der Waals surface area contributed by atoms with E-state index in [4.69, 9.17) is 16.3 Å². The van der Waals surface area contributed by atoms with Gasteiger partial charge in [0.2, 0.25) is 0 Å². The van der Waals surface area contributed by atoms with E-state index < -0.39 is 11.4 Å². The molecular formula is C15H20ClFN2O2. The Bertz CT molecular complexity index is 532. The molecule has 0 amide bonds. The standard InChI is InChI=1S/C15H20ClFN2O2/c1-9-4-5-18-19-13(9)10-6-11(16)14(12(17)7-10)21-8-15(2,3)20/h6-7,9,18,20H,4-5,8H2,1-3H3. The van der Waals surface area contributed by atoms with Crippen LogP contribution in [-0.2, 0) is 0 Å². The first kappa shape index (κ1) is 16.0. The van der Waals surface area contributed by atoms with Gasteiger partial charge in [0, 0.05) is 18.0 Å². The zero-order chi connectivity index (χ0) is 15.6. The Morgan fingerprint density at radius 3 is 2.81 bits per heavy atom. The Labute approximate surface area is 129 Å². The van der Waals surface area contributed by atoms with Crippen LogP contribution < -0.4 is 10.2 Å². The third-order valence-corrected chi connectivity index (χ3v) is 3.50. The smallest absolute Gasteiger partial charge is 0.173 e. The second-order valence-corrected chi connectivity index (χ2v) is 6.37. The summed E-state index contributed by atoms with van der Waals surface area (Å²) in [5.74, 6) is -0.355. The average Bonchev–Trinajstić information content (AvgIpc) is 2.36. The molecule has 1 aromatic carbocycles. The molecule has 0 aromatic heterocycles. The molecule has 21 heavy (non-hydrogen) atoms. The van der Waals surface area contributed by atoms with Gasteiger partial charge in [-0.25, -0.2) is 4.39 Å². The van der Waals surface area contributed by atoms with Crippen molar-refractivity contribution in [2.75, 3.05) is 13.2 Å². The number of halogens is 2. The molecule has 2 N–H and O–H groups in total. The van der Waals surface area contributed by atoms with Crippen molar-refractivity contribution in [3.05, 3.63) is 28.5 Å². The summed E-state index contributed by atoms with van der Waals surface area (Å²) in [4.78, 5) is 0. The van der Waals surface area contributed by atoms with E-state index in [2.05, 4.69) is 10.5 Å². The average molecular weight is 315 g/mol. The second kappa shape index (κ2) is 6.20. The topological polar surface area (TPSA) is 53.9 Å². The molecule has 1 unspecified atom stereocenters. The fourth-order valence-electron chi connectivity index (χ4n) is 2.11. The minimum Gasteiger partial charge on any atom is -0.486 e. The van der Waals surface area contributed by atoms with E-state index in [1.165, 1.54) is 6.07 Å². The van der Waals surface area contributed by atoms with E-state index in [-0.39, 0.29) is 23.3 Å². The number of nitrogens with zero attached hydrogens (tertiary/aromatic N) is 1. The van der Waals surface area contributed by atoms with Gasteiger partial charge >= 0.3 is 0 Å². The number of hydrogen-bond donors (Lipinski definition) is 2. The summed E-state index contributed by atoms with van der Waals surface area (Å²) in [5, 5.41) is 14.1. The maximum atomic E-state index is 14.2. The summed E-state index contributed by atoms with van der Waals surface area (Å²) >= 11 is 6.11. The van der Waals surface area contributed by atoms with Crippen molar-refractivity contribution in [1.82, 2.24) is 5.43 Å². The van der Waals surface area contributed by atoms with Gasteiger partial charge in [0.05, 0.1) is 16.3 Å². The van der Waals surface area contributed by atoms with Crippen molar-refractivity contribution in [2.45, 2.75) is 32.8 Å². The molecule has 1 aliphatic rings. The molecule has 2 rings (SSSR count). The van der Waals surface area contributed by atoms with Gasteiger partial charge < -0.3 is 15.3 Å². The lowest BCUT2D eigenvalue weighted by atomic mass is 9.94. The minimum absolute atomic E-state index is 0.0398. The molecule has 116 valence electrons. The molecule has 0 saturated carbocycles. The Morgan fingerprint density at radius 1 is 1.52 bits per heavy atom. The number of rotatable bonds is 4. The lowest BCUT2D eigenvalue weighted by Gasteiger charge is -2.22. The molecule has 0 spiro atoms. The van der Waals surface area contributed by atoms with E-state index in [0.717, 1.165) is 18.7 Å². The van der Waals surface area contributed by atoms with Gasteiger partial charge in [0.15, 0.2) is 11.6 Å². The van der Waals surface area contributed by atoms with E-state index in [0.29, 0.717) is 5.56 Å². The molecule has 0 bridgehead atoms. The predicted molar refractivity (Wildman–Crippen MR) is 81.5 cm³/mol. The van der Waals surface area contributed by atoms with Crippen molar-refractivity contribution in [3.8, 4) is 5.75 Å². The van der Waals surface area contributed by atoms with Crippen molar-refractivity contribution in [2.24, 2.45) is 11.0 Å². The number of nitrogens with one attached hydrogen (secondary N) is 1. The zero-order valence-corrected chi connectivity index (χ0v) is 13.2. The number of benzene rings is 1. The molecule has 1 heterocycles. The van der Waals surface area contributed by atoms with Crippen molar-refractivity contribution < 1.29 is 14.2 Å². The molecule has 0 saturated heterocycles. The van der Waals surface area contributed by atoms with E-state index in [1.807, 2.05) is 6.92 Å². The third-order valence-electron chi connectivity index (χ3n) is 3.22.